The molecule has 0 radical (unpaired) electrons. The average molecular weight is 253 g/mol. The standard InChI is InChI=1S/C14H23NO3/c1-14(2,3)7-6-12(16)15-9-4-5-11(15)10(8-9)13(17)18/h9-11H,4-8H2,1-3H3,(H,17,18). The molecule has 2 saturated heterocycles. The fraction of sp³-hybridized carbons (Fsp3) is 0.857. The second-order valence-electron chi connectivity index (χ2n) is 6.84. The van der Waals surface area contributed by atoms with Crippen LogP contribution in [-0.2, 0) is 9.59 Å². The van der Waals surface area contributed by atoms with Crippen LogP contribution in [0.2, 0.25) is 0 Å². The van der Waals surface area contributed by atoms with Gasteiger partial charge in [-0.3, -0.25) is 9.59 Å². The second-order valence-corrected chi connectivity index (χ2v) is 6.84. The summed E-state index contributed by atoms with van der Waals surface area (Å²) in [5.41, 5.74) is 0.153. The SMILES string of the molecule is CC(C)(C)CCC(=O)N1C2CCC1C(C(=O)O)C2. The lowest BCUT2D eigenvalue weighted by molar-refractivity contribution is -0.143. The van der Waals surface area contributed by atoms with Gasteiger partial charge >= 0.3 is 5.97 Å². The van der Waals surface area contributed by atoms with Gasteiger partial charge in [0.15, 0.2) is 0 Å². The number of carbonyl (C=O) groups excluding carboxylic acids is 1. The molecule has 1 amide bonds. The molecule has 0 aromatic carbocycles. The molecular formula is C14H23NO3. The first-order chi connectivity index (χ1) is 8.29. The van der Waals surface area contributed by atoms with E-state index in [1.165, 1.54) is 0 Å². The van der Waals surface area contributed by atoms with Crippen molar-refractivity contribution < 1.29 is 14.7 Å². The van der Waals surface area contributed by atoms with E-state index in [9.17, 15) is 9.59 Å². The molecule has 2 heterocycles. The maximum absolute atomic E-state index is 12.3. The molecule has 2 fully saturated rings. The minimum absolute atomic E-state index is 0.0417. The molecule has 2 aliphatic heterocycles. The van der Waals surface area contributed by atoms with Crippen LogP contribution in [0.4, 0.5) is 0 Å². The Bertz CT molecular complexity index is 359. The van der Waals surface area contributed by atoms with Crippen LogP contribution < -0.4 is 0 Å². The van der Waals surface area contributed by atoms with Crippen LogP contribution in [0.25, 0.3) is 0 Å². The van der Waals surface area contributed by atoms with E-state index >= 15 is 0 Å². The van der Waals surface area contributed by atoms with E-state index in [1.807, 2.05) is 4.90 Å². The zero-order valence-corrected chi connectivity index (χ0v) is 11.5. The summed E-state index contributed by atoms with van der Waals surface area (Å²) in [5, 5.41) is 9.16. The van der Waals surface area contributed by atoms with Gasteiger partial charge in [-0.15, -0.1) is 0 Å². The van der Waals surface area contributed by atoms with E-state index in [4.69, 9.17) is 5.11 Å². The fourth-order valence-corrected chi connectivity index (χ4v) is 3.25. The van der Waals surface area contributed by atoms with Crippen LogP contribution in [0.15, 0.2) is 0 Å². The zero-order chi connectivity index (χ0) is 13.5. The lowest BCUT2D eigenvalue weighted by atomic mass is 9.89. The van der Waals surface area contributed by atoms with Crippen molar-refractivity contribution >= 4 is 11.9 Å². The van der Waals surface area contributed by atoms with E-state index in [1.54, 1.807) is 0 Å². The van der Waals surface area contributed by atoms with Crippen molar-refractivity contribution in [3.63, 3.8) is 0 Å². The van der Waals surface area contributed by atoms with Crippen molar-refractivity contribution in [2.45, 2.75) is 65.0 Å². The summed E-state index contributed by atoms with van der Waals surface area (Å²) in [6, 6.07) is 0.142. The Hall–Kier alpha value is -1.06. The summed E-state index contributed by atoms with van der Waals surface area (Å²) in [5.74, 6) is -0.917. The number of amides is 1. The molecule has 3 atom stereocenters. The smallest absolute Gasteiger partial charge is 0.308 e. The highest BCUT2D eigenvalue weighted by atomic mass is 16.4. The van der Waals surface area contributed by atoms with E-state index in [2.05, 4.69) is 20.8 Å². The number of carboxylic acid groups (broad SMARTS) is 1. The lowest BCUT2D eigenvalue weighted by Gasteiger charge is -2.25. The molecule has 18 heavy (non-hydrogen) atoms. The lowest BCUT2D eigenvalue weighted by Crippen LogP contribution is -2.38. The number of hydrogen-bond acceptors (Lipinski definition) is 2. The van der Waals surface area contributed by atoms with E-state index < -0.39 is 5.97 Å². The fourth-order valence-electron chi connectivity index (χ4n) is 3.25. The van der Waals surface area contributed by atoms with Gasteiger partial charge in [0.25, 0.3) is 0 Å². The highest BCUT2D eigenvalue weighted by Gasteiger charge is 2.50. The van der Waals surface area contributed by atoms with Crippen LogP contribution in [-0.4, -0.2) is 34.0 Å². The number of aliphatic carboxylic acids is 1. The van der Waals surface area contributed by atoms with Gasteiger partial charge in [0, 0.05) is 18.5 Å². The number of carboxylic acids is 1. The van der Waals surface area contributed by atoms with Crippen molar-refractivity contribution in [3.8, 4) is 0 Å². The molecule has 0 spiro atoms. The molecule has 4 nitrogen and oxygen atoms in total. The number of fused-ring (bicyclic) bond motifs is 2. The predicted molar refractivity (Wildman–Crippen MR) is 68.1 cm³/mol. The summed E-state index contributed by atoms with van der Waals surface area (Å²) in [7, 11) is 0. The van der Waals surface area contributed by atoms with Crippen molar-refractivity contribution in [1.29, 1.82) is 0 Å². The van der Waals surface area contributed by atoms with Crippen LogP contribution in [0, 0.1) is 11.3 Å². The molecule has 0 aromatic rings. The van der Waals surface area contributed by atoms with Crippen LogP contribution >= 0.6 is 0 Å². The topological polar surface area (TPSA) is 57.6 Å². The zero-order valence-electron chi connectivity index (χ0n) is 11.5. The van der Waals surface area contributed by atoms with Gasteiger partial charge in [-0.25, -0.2) is 0 Å². The molecule has 4 heteroatoms. The summed E-state index contributed by atoms with van der Waals surface area (Å²) >= 11 is 0. The number of nitrogens with zero attached hydrogens (tertiary/aromatic N) is 1. The van der Waals surface area contributed by atoms with Crippen molar-refractivity contribution in [2.24, 2.45) is 11.3 Å². The maximum Gasteiger partial charge on any atom is 0.308 e. The number of hydrogen-bond donors (Lipinski definition) is 1. The molecule has 2 bridgehead atoms. The molecule has 0 aromatic heterocycles. The summed E-state index contributed by atoms with van der Waals surface area (Å²) in [4.78, 5) is 25.3. The Labute approximate surface area is 108 Å². The highest BCUT2D eigenvalue weighted by molar-refractivity contribution is 5.80. The van der Waals surface area contributed by atoms with E-state index in [-0.39, 0.29) is 29.3 Å². The Morgan fingerprint density at radius 3 is 2.44 bits per heavy atom. The first-order valence-corrected chi connectivity index (χ1v) is 6.83. The normalized spacial score (nSPS) is 30.8. The first-order valence-electron chi connectivity index (χ1n) is 6.83. The van der Waals surface area contributed by atoms with Gasteiger partial charge in [-0.05, 0) is 31.1 Å². The van der Waals surface area contributed by atoms with Gasteiger partial charge in [0.05, 0.1) is 5.92 Å². The third-order valence-corrected chi connectivity index (χ3v) is 4.23. The predicted octanol–water partition coefficient (Wildman–Crippen LogP) is 2.28. The maximum atomic E-state index is 12.3. The quantitative estimate of drug-likeness (QED) is 0.839. The molecule has 102 valence electrons. The van der Waals surface area contributed by atoms with Gasteiger partial charge in [0.2, 0.25) is 5.91 Å². The van der Waals surface area contributed by atoms with Crippen molar-refractivity contribution in [2.75, 3.05) is 0 Å². The Morgan fingerprint density at radius 1 is 1.28 bits per heavy atom. The van der Waals surface area contributed by atoms with Crippen LogP contribution in [0.5, 0.6) is 0 Å². The summed E-state index contributed by atoms with van der Waals surface area (Å²) in [6.45, 7) is 6.37. The molecule has 2 rings (SSSR count). The van der Waals surface area contributed by atoms with Crippen LogP contribution in [0.1, 0.15) is 52.9 Å². The Morgan fingerprint density at radius 2 is 1.94 bits per heavy atom. The first kappa shape index (κ1) is 13.4. The molecule has 0 saturated carbocycles. The van der Waals surface area contributed by atoms with Crippen molar-refractivity contribution in [1.82, 2.24) is 4.90 Å². The summed E-state index contributed by atoms with van der Waals surface area (Å²) in [6.07, 6.45) is 3.90. The monoisotopic (exact) mass is 253 g/mol. The van der Waals surface area contributed by atoms with Crippen LogP contribution in [0.3, 0.4) is 0 Å². The van der Waals surface area contributed by atoms with Crippen molar-refractivity contribution in [3.05, 3.63) is 0 Å². The minimum Gasteiger partial charge on any atom is -0.481 e. The molecule has 1 N–H and O–H groups in total. The average Bonchev–Trinajstić information content (AvgIpc) is 2.81. The third kappa shape index (κ3) is 2.52. The Kier molecular flexibility index (Phi) is 3.39. The Balaban J connectivity index is 1.98. The number of carbonyl (C=O) groups is 2. The van der Waals surface area contributed by atoms with E-state index in [0.29, 0.717) is 12.8 Å². The number of rotatable bonds is 3. The minimum atomic E-state index is -0.740. The molecule has 0 aliphatic carbocycles. The summed E-state index contributed by atoms with van der Waals surface area (Å²) < 4.78 is 0. The molecule has 3 unspecified atom stereocenters. The largest absolute Gasteiger partial charge is 0.481 e. The van der Waals surface area contributed by atoms with Gasteiger partial charge in [-0.1, -0.05) is 20.8 Å². The van der Waals surface area contributed by atoms with Gasteiger partial charge < -0.3 is 10.0 Å². The van der Waals surface area contributed by atoms with E-state index in [0.717, 1.165) is 19.3 Å². The van der Waals surface area contributed by atoms with Gasteiger partial charge in [0.1, 0.15) is 0 Å². The molecular weight excluding hydrogens is 230 g/mol. The third-order valence-electron chi connectivity index (χ3n) is 4.23. The highest BCUT2D eigenvalue weighted by Crippen LogP contribution is 2.42. The van der Waals surface area contributed by atoms with Gasteiger partial charge in [-0.2, -0.15) is 0 Å². The second kappa shape index (κ2) is 4.56. The molecule has 2 aliphatic rings.